The van der Waals surface area contributed by atoms with E-state index in [-0.39, 0.29) is 6.42 Å². The summed E-state index contributed by atoms with van der Waals surface area (Å²) in [6.45, 7) is 0. The van der Waals surface area contributed by atoms with E-state index in [9.17, 15) is 24.9 Å². The quantitative estimate of drug-likeness (QED) is 0.412. The summed E-state index contributed by atoms with van der Waals surface area (Å²) in [4.78, 5) is 27.5. The van der Waals surface area contributed by atoms with Gasteiger partial charge in [0.15, 0.2) is 16.4 Å². The molecule has 4 N–H and O–H groups in total. The number of likely N-dealkylation sites (N-methyl/N-ethyl adjacent to an activating group) is 1. The van der Waals surface area contributed by atoms with Crippen molar-refractivity contribution >= 4 is 35.3 Å². The summed E-state index contributed by atoms with van der Waals surface area (Å²) < 4.78 is 17.1. The lowest BCUT2D eigenvalue weighted by Gasteiger charge is -2.49. The Hall–Kier alpha value is -2.12. The molecule has 7 atom stereocenters. The number of hydrogen-bond acceptors (Lipinski definition) is 10. The maximum absolute atomic E-state index is 13.9. The van der Waals surface area contributed by atoms with Gasteiger partial charge in [-0.15, -0.1) is 11.8 Å². The van der Waals surface area contributed by atoms with Crippen molar-refractivity contribution in [2.45, 2.75) is 45.3 Å². The fourth-order valence-electron chi connectivity index (χ4n) is 5.40. The zero-order chi connectivity index (χ0) is 24.6. The fourth-order valence-corrected chi connectivity index (χ4v) is 8.20. The number of aliphatic hydroxyl groups excluding tert-OH is 2. The molecule has 1 aromatic rings. The van der Waals surface area contributed by atoms with Crippen molar-refractivity contribution in [2.75, 3.05) is 27.5 Å². The topological polar surface area (TPSA) is 138 Å². The number of amides is 2. The van der Waals surface area contributed by atoms with E-state index in [0.29, 0.717) is 22.8 Å². The average molecular weight is 511 g/mol. The van der Waals surface area contributed by atoms with Gasteiger partial charge < -0.3 is 34.8 Å². The Morgan fingerprint density at radius 2 is 1.97 bits per heavy atom. The van der Waals surface area contributed by atoms with Gasteiger partial charge in [0.1, 0.15) is 23.1 Å². The molecule has 2 fully saturated rings. The second-order valence-corrected chi connectivity index (χ2v) is 11.2. The number of carbonyl (C=O) groups excluding carboxylic acids is 2. The highest BCUT2D eigenvalue weighted by Crippen LogP contribution is 2.60. The van der Waals surface area contributed by atoms with Crippen molar-refractivity contribution in [1.82, 2.24) is 10.2 Å². The molecular formula is C22H26N2O8S2. The van der Waals surface area contributed by atoms with Crippen LogP contribution < -0.4 is 19.5 Å². The number of nitrogens with one attached hydrogen (secondary N) is 1. The van der Waals surface area contributed by atoms with E-state index < -0.39 is 50.7 Å². The van der Waals surface area contributed by atoms with Gasteiger partial charge in [-0.2, -0.15) is 11.8 Å². The van der Waals surface area contributed by atoms with Crippen LogP contribution in [0.3, 0.4) is 0 Å². The Morgan fingerprint density at radius 1 is 1.24 bits per heavy atom. The van der Waals surface area contributed by atoms with E-state index in [4.69, 9.17) is 14.2 Å². The van der Waals surface area contributed by atoms with Gasteiger partial charge in [0.25, 0.3) is 17.5 Å². The molecule has 3 heterocycles. The second kappa shape index (κ2) is 7.69. The second-order valence-electron chi connectivity index (χ2n) is 8.81. The Kier molecular flexibility index (Phi) is 5.34. The van der Waals surface area contributed by atoms with Crippen LogP contribution in [0.2, 0.25) is 0 Å². The summed E-state index contributed by atoms with van der Waals surface area (Å²) in [7, 11) is 4.46. The van der Waals surface area contributed by atoms with Crippen LogP contribution in [0.1, 0.15) is 17.2 Å². The summed E-state index contributed by atoms with van der Waals surface area (Å²) in [5, 5.41) is 33.3. The van der Waals surface area contributed by atoms with Crippen LogP contribution in [0.15, 0.2) is 24.3 Å². The summed E-state index contributed by atoms with van der Waals surface area (Å²) in [5.74, 6) is 0.0343. The third kappa shape index (κ3) is 2.77. The molecule has 2 saturated heterocycles. The first-order valence-corrected chi connectivity index (χ1v) is 12.8. The molecule has 12 heteroatoms. The van der Waals surface area contributed by atoms with Crippen molar-refractivity contribution in [3.05, 3.63) is 29.8 Å². The molecule has 5 rings (SSSR count). The van der Waals surface area contributed by atoms with E-state index in [0.717, 1.165) is 11.8 Å². The number of carbonyl (C=O) groups is 2. The van der Waals surface area contributed by atoms with Crippen LogP contribution in [0.25, 0.3) is 0 Å². The highest BCUT2D eigenvalue weighted by molar-refractivity contribution is 8.02. The molecule has 34 heavy (non-hydrogen) atoms. The van der Waals surface area contributed by atoms with Gasteiger partial charge in [-0.1, -0.05) is 12.2 Å². The molecule has 0 bridgehead atoms. The Balaban J connectivity index is 1.56. The number of ether oxygens (including phenoxy) is 3. The molecule has 184 valence electrons. The lowest BCUT2D eigenvalue weighted by atomic mass is 9.79. The minimum absolute atomic E-state index is 0.267. The van der Waals surface area contributed by atoms with E-state index in [1.165, 1.54) is 44.0 Å². The van der Waals surface area contributed by atoms with Crippen LogP contribution in [-0.2, 0) is 9.59 Å². The number of rotatable bonds is 3. The van der Waals surface area contributed by atoms with Crippen LogP contribution in [-0.4, -0.2) is 93.2 Å². The number of fused-ring (bicyclic) bond motifs is 2. The number of thioether (sulfide) groups is 2. The predicted molar refractivity (Wildman–Crippen MR) is 125 cm³/mol. The van der Waals surface area contributed by atoms with Crippen LogP contribution >= 0.6 is 23.5 Å². The SMILES string of the molecule is COc1ccc2c(c1OC)O[C@]1(C(=O)N[C@@]3(C[C@]4(O)[C@H](C=C[C@@H](O)[C@@H]4O)S3)C(=O)N1C)[C@@H]2SC. The molecule has 0 radical (unpaired) electrons. The first kappa shape index (κ1) is 23.6. The van der Waals surface area contributed by atoms with Crippen molar-refractivity contribution < 1.29 is 39.1 Å². The summed E-state index contributed by atoms with van der Waals surface area (Å²) in [6, 6.07) is 3.51. The van der Waals surface area contributed by atoms with Gasteiger partial charge in [0.2, 0.25) is 5.75 Å². The number of benzene rings is 1. The van der Waals surface area contributed by atoms with Crippen molar-refractivity contribution in [3.63, 3.8) is 0 Å². The zero-order valence-electron chi connectivity index (χ0n) is 19.0. The normalized spacial score (nSPS) is 40.3. The Morgan fingerprint density at radius 3 is 2.62 bits per heavy atom. The predicted octanol–water partition coefficient (Wildman–Crippen LogP) is 0.00930. The Bertz CT molecular complexity index is 1100. The summed E-state index contributed by atoms with van der Waals surface area (Å²) >= 11 is 2.41. The van der Waals surface area contributed by atoms with Crippen LogP contribution in [0.4, 0.5) is 0 Å². The molecule has 1 aromatic carbocycles. The number of nitrogens with zero attached hydrogens (tertiary/aromatic N) is 1. The first-order chi connectivity index (χ1) is 16.1. The fraction of sp³-hybridized carbons (Fsp3) is 0.545. The third-order valence-corrected chi connectivity index (χ3v) is 9.81. The highest BCUT2D eigenvalue weighted by Gasteiger charge is 2.71. The van der Waals surface area contributed by atoms with E-state index >= 15 is 0 Å². The molecule has 0 saturated carbocycles. The number of piperazine rings is 1. The smallest absolute Gasteiger partial charge is 0.289 e. The van der Waals surface area contributed by atoms with Gasteiger partial charge in [-0.05, 0) is 18.4 Å². The highest BCUT2D eigenvalue weighted by atomic mass is 32.2. The van der Waals surface area contributed by atoms with Gasteiger partial charge in [-0.25, -0.2) is 0 Å². The third-order valence-electron chi connectivity index (χ3n) is 7.12. The van der Waals surface area contributed by atoms with Gasteiger partial charge in [-0.3, -0.25) is 14.5 Å². The van der Waals surface area contributed by atoms with Gasteiger partial charge in [0.05, 0.1) is 19.5 Å². The number of aliphatic hydroxyl groups is 3. The van der Waals surface area contributed by atoms with Crippen LogP contribution in [0, 0.1) is 0 Å². The molecule has 0 unspecified atom stereocenters. The van der Waals surface area contributed by atoms with E-state index in [1.54, 1.807) is 18.2 Å². The summed E-state index contributed by atoms with van der Waals surface area (Å²) in [6.07, 6.45) is 1.73. The average Bonchev–Trinajstić information content (AvgIpc) is 3.32. The minimum Gasteiger partial charge on any atom is -0.493 e. The van der Waals surface area contributed by atoms with E-state index in [2.05, 4.69) is 5.32 Å². The van der Waals surface area contributed by atoms with E-state index in [1.807, 2.05) is 6.26 Å². The van der Waals surface area contributed by atoms with Crippen molar-refractivity contribution in [1.29, 1.82) is 0 Å². The first-order valence-electron chi connectivity index (χ1n) is 10.6. The molecule has 3 aliphatic heterocycles. The van der Waals surface area contributed by atoms with Gasteiger partial charge in [0, 0.05) is 19.0 Å². The standard InChI is InChI=1S/C22H26N2O8S2/c1-24-19(28)21(9-20(29)13(34-21)8-6-11(25)16(20)26)23-18(27)22(24)17(33-4)10-5-7-12(30-2)15(31-3)14(10)32-22/h5-8,11,13,16-17,25-26,29H,9H2,1-4H3,(H,23,27)/t11-,13+,16+,17-,20+,21-,22+/m1/s1. The molecule has 10 nitrogen and oxygen atoms in total. The molecule has 4 aliphatic rings. The van der Waals surface area contributed by atoms with Crippen LogP contribution in [0.5, 0.6) is 17.2 Å². The molecule has 2 spiro atoms. The van der Waals surface area contributed by atoms with Gasteiger partial charge >= 0.3 is 0 Å². The maximum atomic E-state index is 13.9. The molecule has 0 aromatic heterocycles. The minimum atomic E-state index is -1.79. The summed E-state index contributed by atoms with van der Waals surface area (Å²) in [5.41, 5.74) is -2.81. The lowest BCUT2D eigenvalue weighted by Crippen LogP contribution is -2.76. The zero-order valence-corrected chi connectivity index (χ0v) is 20.6. The number of hydrogen-bond donors (Lipinski definition) is 4. The lowest BCUT2D eigenvalue weighted by molar-refractivity contribution is -0.178. The molecule has 1 aliphatic carbocycles. The number of methoxy groups -OCH3 is 2. The molecular weight excluding hydrogens is 484 g/mol. The maximum Gasteiger partial charge on any atom is 0.289 e. The largest absolute Gasteiger partial charge is 0.493 e. The molecule has 2 amide bonds. The monoisotopic (exact) mass is 510 g/mol. The van der Waals surface area contributed by atoms with Crippen molar-refractivity contribution in [2.24, 2.45) is 0 Å². The van der Waals surface area contributed by atoms with Crippen molar-refractivity contribution in [3.8, 4) is 17.2 Å². The Labute approximate surface area is 204 Å².